The Bertz CT molecular complexity index is 256. The summed E-state index contributed by atoms with van der Waals surface area (Å²) in [4.78, 5) is 0. The van der Waals surface area contributed by atoms with Crippen LogP contribution < -0.4 is 0 Å². The third-order valence-corrected chi connectivity index (χ3v) is 1.54. The summed E-state index contributed by atoms with van der Waals surface area (Å²) in [5.74, 6) is -0.581. The Hall–Kier alpha value is -0.990. The van der Waals surface area contributed by atoms with Gasteiger partial charge in [0.15, 0.2) is 0 Å². The molecule has 0 fully saturated rings. The molecule has 3 heteroatoms. The van der Waals surface area contributed by atoms with E-state index in [-0.39, 0.29) is 11.1 Å². The number of benzene rings is 1. The van der Waals surface area contributed by atoms with Crippen LogP contribution in [0.25, 0.3) is 0 Å². The van der Waals surface area contributed by atoms with Crippen LogP contribution in [0.3, 0.4) is 0 Å². The number of halogens is 3. The number of alkyl halides is 2. The van der Waals surface area contributed by atoms with E-state index in [0.717, 1.165) is 0 Å². The van der Waals surface area contributed by atoms with Gasteiger partial charge in [-0.1, -0.05) is 26.0 Å². The summed E-state index contributed by atoms with van der Waals surface area (Å²) in [6.07, 6.45) is -2.59. The highest BCUT2D eigenvalue weighted by Crippen LogP contribution is 2.23. The van der Waals surface area contributed by atoms with Gasteiger partial charge in [0.05, 0.1) is 0 Å². The Morgan fingerprint density at radius 2 is 1.69 bits per heavy atom. The first kappa shape index (κ1) is 12.0. The summed E-state index contributed by atoms with van der Waals surface area (Å²) >= 11 is 0. The Morgan fingerprint density at radius 1 is 1.15 bits per heavy atom. The Labute approximate surface area is 76.4 Å². The topological polar surface area (TPSA) is 0 Å². The molecule has 0 radical (unpaired) electrons. The van der Waals surface area contributed by atoms with Crippen LogP contribution >= 0.6 is 0 Å². The summed E-state index contributed by atoms with van der Waals surface area (Å²) in [7, 11) is 0. The van der Waals surface area contributed by atoms with Gasteiger partial charge in [-0.15, -0.1) is 0 Å². The lowest BCUT2D eigenvalue weighted by Gasteiger charge is -2.03. The van der Waals surface area contributed by atoms with E-state index in [0.29, 0.717) is 0 Å². The summed E-state index contributed by atoms with van der Waals surface area (Å²) in [6.45, 7) is 5.34. The molecular weight excluding hydrogens is 177 g/mol. The first-order valence-electron chi connectivity index (χ1n) is 4.16. The molecule has 1 aromatic carbocycles. The number of hydrogen-bond donors (Lipinski definition) is 0. The molecule has 0 aliphatic rings. The highest BCUT2D eigenvalue weighted by atomic mass is 19.3. The van der Waals surface area contributed by atoms with Crippen molar-refractivity contribution in [2.45, 2.75) is 27.2 Å². The SMILES string of the molecule is CC.Cc1c(F)cccc1C(F)F. The third-order valence-electron chi connectivity index (χ3n) is 1.54. The van der Waals surface area contributed by atoms with Crippen molar-refractivity contribution in [1.82, 2.24) is 0 Å². The van der Waals surface area contributed by atoms with Crippen LogP contribution in [0, 0.1) is 12.7 Å². The highest BCUT2D eigenvalue weighted by molar-refractivity contribution is 5.27. The van der Waals surface area contributed by atoms with Crippen molar-refractivity contribution in [3.05, 3.63) is 35.1 Å². The molecule has 1 aromatic rings. The normalized spacial score (nSPS) is 9.46. The average Bonchev–Trinajstić information content (AvgIpc) is 2.13. The lowest BCUT2D eigenvalue weighted by Crippen LogP contribution is -1.91. The van der Waals surface area contributed by atoms with Gasteiger partial charge < -0.3 is 0 Å². The zero-order chi connectivity index (χ0) is 10.4. The molecule has 0 aliphatic carbocycles. The highest BCUT2D eigenvalue weighted by Gasteiger charge is 2.11. The first-order chi connectivity index (χ1) is 6.13. The van der Waals surface area contributed by atoms with Crippen LogP contribution in [-0.4, -0.2) is 0 Å². The third kappa shape index (κ3) is 3.09. The second-order valence-corrected chi connectivity index (χ2v) is 2.25. The molecule has 0 aliphatic heterocycles. The second kappa shape index (κ2) is 5.62. The minimum atomic E-state index is -2.59. The summed E-state index contributed by atoms with van der Waals surface area (Å²) < 4.78 is 36.7. The maximum atomic E-state index is 12.6. The molecule has 0 spiro atoms. The summed E-state index contributed by atoms with van der Waals surface area (Å²) in [5.41, 5.74) is -0.201. The van der Waals surface area contributed by atoms with Gasteiger partial charge in [0.2, 0.25) is 0 Å². The molecule has 0 atom stereocenters. The Kier molecular flexibility index (Phi) is 5.19. The van der Waals surface area contributed by atoms with Crippen LogP contribution in [-0.2, 0) is 0 Å². The summed E-state index contributed by atoms with van der Waals surface area (Å²) in [5, 5.41) is 0. The van der Waals surface area contributed by atoms with Crippen molar-refractivity contribution in [3.63, 3.8) is 0 Å². The lowest BCUT2D eigenvalue weighted by atomic mass is 10.1. The van der Waals surface area contributed by atoms with Crippen molar-refractivity contribution in [2.75, 3.05) is 0 Å². The number of rotatable bonds is 1. The quantitative estimate of drug-likeness (QED) is 0.625. The molecule has 0 saturated heterocycles. The predicted octanol–water partition coefficient (Wildman–Crippen LogP) is 4.10. The standard InChI is InChI=1S/C8H7F3.C2H6/c1-5-6(8(10)11)3-2-4-7(5)9;1-2/h2-4,8H,1H3;1-2H3. The van der Waals surface area contributed by atoms with E-state index in [1.807, 2.05) is 13.8 Å². The van der Waals surface area contributed by atoms with Gasteiger partial charge in [0.1, 0.15) is 5.82 Å². The minimum absolute atomic E-state index is 0.0301. The molecule has 0 nitrogen and oxygen atoms in total. The zero-order valence-corrected chi connectivity index (χ0v) is 7.94. The average molecular weight is 190 g/mol. The lowest BCUT2D eigenvalue weighted by molar-refractivity contribution is 0.150. The van der Waals surface area contributed by atoms with Gasteiger partial charge >= 0.3 is 0 Å². The molecule has 0 heterocycles. The van der Waals surface area contributed by atoms with Crippen LogP contribution in [0.2, 0.25) is 0 Å². The van der Waals surface area contributed by atoms with Gasteiger partial charge in [-0.2, -0.15) is 0 Å². The van der Waals surface area contributed by atoms with Crippen molar-refractivity contribution >= 4 is 0 Å². The molecule has 13 heavy (non-hydrogen) atoms. The van der Waals surface area contributed by atoms with Crippen molar-refractivity contribution in [2.24, 2.45) is 0 Å². The largest absolute Gasteiger partial charge is 0.264 e. The molecule has 74 valence electrons. The van der Waals surface area contributed by atoms with Crippen LogP contribution in [0.4, 0.5) is 13.2 Å². The van der Waals surface area contributed by atoms with Gasteiger partial charge in [0.25, 0.3) is 6.43 Å². The van der Waals surface area contributed by atoms with Crippen molar-refractivity contribution in [3.8, 4) is 0 Å². The van der Waals surface area contributed by atoms with Crippen LogP contribution in [0.5, 0.6) is 0 Å². The van der Waals surface area contributed by atoms with Gasteiger partial charge in [0, 0.05) is 5.56 Å². The monoisotopic (exact) mass is 190 g/mol. The van der Waals surface area contributed by atoms with E-state index in [1.54, 1.807) is 0 Å². The maximum Gasteiger partial charge on any atom is 0.264 e. The fourth-order valence-corrected chi connectivity index (χ4v) is 0.861. The van der Waals surface area contributed by atoms with E-state index in [2.05, 4.69) is 0 Å². The number of hydrogen-bond acceptors (Lipinski definition) is 0. The van der Waals surface area contributed by atoms with Crippen LogP contribution in [0.15, 0.2) is 18.2 Å². The van der Waals surface area contributed by atoms with Crippen molar-refractivity contribution in [1.29, 1.82) is 0 Å². The molecule has 0 amide bonds. The van der Waals surface area contributed by atoms with E-state index >= 15 is 0 Å². The zero-order valence-electron chi connectivity index (χ0n) is 7.94. The fourth-order valence-electron chi connectivity index (χ4n) is 0.861. The van der Waals surface area contributed by atoms with E-state index in [1.165, 1.54) is 25.1 Å². The first-order valence-corrected chi connectivity index (χ1v) is 4.16. The Balaban J connectivity index is 0.000000671. The maximum absolute atomic E-state index is 12.6. The van der Waals surface area contributed by atoms with E-state index in [9.17, 15) is 13.2 Å². The van der Waals surface area contributed by atoms with Gasteiger partial charge in [-0.05, 0) is 18.6 Å². The Morgan fingerprint density at radius 3 is 2.08 bits per heavy atom. The van der Waals surface area contributed by atoms with Gasteiger partial charge in [-0.3, -0.25) is 0 Å². The fraction of sp³-hybridized carbons (Fsp3) is 0.400. The van der Waals surface area contributed by atoms with Gasteiger partial charge in [-0.25, -0.2) is 13.2 Å². The molecule has 0 N–H and O–H groups in total. The van der Waals surface area contributed by atoms with Crippen LogP contribution in [0.1, 0.15) is 31.4 Å². The molecule has 1 rings (SSSR count). The smallest absolute Gasteiger partial charge is 0.207 e. The predicted molar refractivity (Wildman–Crippen MR) is 47.4 cm³/mol. The minimum Gasteiger partial charge on any atom is -0.207 e. The second-order valence-electron chi connectivity index (χ2n) is 2.25. The van der Waals surface area contributed by atoms with E-state index in [4.69, 9.17) is 0 Å². The van der Waals surface area contributed by atoms with E-state index < -0.39 is 12.2 Å². The summed E-state index contributed by atoms with van der Waals surface area (Å²) in [6, 6.07) is 3.67. The molecule has 0 aromatic heterocycles. The molecule has 0 bridgehead atoms. The van der Waals surface area contributed by atoms with Crippen molar-refractivity contribution < 1.29 is 13.2 Å². The molecule has 0 unspecified atom stereocenters. The molecular formula is C10H13F3. The molecule has 0 saturated carbocycles.